The van der Waals surface area contributed by atoms with E-state index in [2.05, 4.69) is 55.4 Å². The Balaban J connectivity index is 5.18. The molecule has 0 aromatic heterocycles. The van der Waals surface area contributed by atoms with Gasteiger partial charge in [-0.25, -0.2) is 9.13 Å². The molecule has 0 radical (unpaired) electrons. The van der Waals surface area contributed by atoms with Crippen molar-refractivity contribution in [3.63, 3.8) is 0 Å². The SMILES string of the molecule is CCC(C)CCCCCCCCCCC(=O)O[C@H](COC(=O)CCCCCCCCCCCCCCCCCC(C)C)COP(=O)(O)OCC(O)COP(=O)(O)OC[C@@H](COC(=O)CCCCCCCCC(C)C)OC(=O)CCCCCCCCCCCCCCCCCCC(C)C. The predicted octanol–water partition coefficient (Wildman–Crippen LogP) is 23.2. The van der Waals surface area contributed by atoms with Crippen LogP contribution in [0.3, 0.4) is 0 Å². The van der Waals surface area contributed by atoms with Crippen molar-refractivity contribution < 1.29 is 80.2 Å². The summed E-state index contributed by atoms with van der Waals surface area (Å²) in [5, 5.41) is 10.6. The summed E-state index contributed by atoms with van der Waals surface area (Å²) in [4.78, 5) is 72.9. The molecule has 0 heterocycles. The topological polar surface area (TPSA) is 237 Å². The lowest BCUT2D eigenvalue weighted by molar-refractivity contribution is -0.161. The normalized spacial score (nSPS) is 14.3. The molecule has 0 aliphatic rings. The second-order valence-corrected chi connectivity index (χ2v) is 33.0. The molecule has 0 aliphatic heterocycles. The van der Waals surface area contributed by atoms with E-state index in [1.807, 2.05) is 0 Å². The lowest BCUT2D eigenvalue weighted by Gasteiger charge is -2.21. The van der Waals surface area contributed by atoms with Crippen LogP contribution in [-0.2, 0) is 65.4 Å². The quantitative estimate of drug-likeness (QED) is 0.0222. The van der Waals surface area contributed by atoms with Gasteiger partial charge in [-0.15, -0.1) is 0 Å². The lowest BCUT2D eigenvalue weighted by Crippen LogP contribution is -2.30. The van der Waals surface area contributed by atoms with Crippen LogP contribution < -0.4 is 0 Å². The zero-order valence-electron chi connectivity index (χ0n) is 64.4. The molecule has 0 saturated carbocycles. The summed E-state index contributed by atoms with van der Waals surface area (Å²) >= 11 is 0. The van der Waals surface area contributed by atoms with Crippen LogP contribution in [0.5, 0.6) is 0 Å². The van der Waals surface area contributed by atoms with E-state index in [-0.39, 0.29) is 25.7 Å². The number of phosphoric ester groups is 2. The second-order valence-electron chi connectivity index (χ2n) is 30.1. The molecule has 4 unspecified atom stereocenters. The van der Waals surface area contributed by atoms with Gasteiger partial charge < -0.3 is 33.8 Å². The van der Waals surface area contributed by atoms with E-state index in [9.17, 15) is 43.2 Å². The number of unbranched alkanes of at least 4 members (excludes halogenated alkanes) is 41. The van der Waals surface area contributed by atoms with Crippen LogP contribution in [-0.4, -0.2) is 96.7 Å². The second kappa shape index (κ2) is 68.2. The molecule has 3 N–H and O–H groups in total. The molecule has 0 fully saturated rings. The Labute approximate surface area is 600 Å². The zero-order valence-corrected chi connectivity index (χ0v) is 66.2. The van der Waals surface area contributed by atoms with E-state index in [1.54, 1.807) is 0 Å². The Morgan fingerprint density at radius 1 is 0.286 bits per heavy atom. The van der Waals surface area contributed by atoms with E-state index in [0.717, 1.165) is 114 Å². The van der Waals surface area contributed by atoms with E-state index < -0.39 is 97.5 Å². The van der Waals surface area contributed by atoms with E-state index in [1.165, 1.54) is 199 Å². The summed E-state index contributed by atoms with van der Waals surface area (Å²) in [6, 6.07) is 0. The van der Waals surface area contributed by atoms with Gasteiger partial charge >= 0.3 is 39.5 Å². The van der Waals surface area contributed by atoms with Gasteiger partial charge in [-0.1, -0.05) is 351 Å². The lowest BCUT2D eigenvalue weighted by atomic mass is 9.99. The molecular formula is C79H154O17P2. The number of carbonyl (C=O) groups excluding carboxylic acids is 4. The molecule has 6 atom stereocenters. The third-order valence-corrected chi connectivity index (χ3v) is 20.6. The largest absolute Gasteiger partial charge is 0.472 e. The average Bonchev–Trinajstić information content (AvgIpc) is 1.04. The predicted molar refractivity (Wildman–Crippen MR) is 400 cm³/mol. The first-order valence-corrected chi connectivity index (χ1v) is 43.7. The molecule has 0 saturated heterocycles. The standard InChI is InChI=1S/C79H154O17P2/c1-9-72(8)58-50-42-33-29-30-36-46-54-62-79(84)96-74(65-89-76(81)59-51-43-34-27-23-19-16-12-14-18-22-26-32-40-48-56-70(4)5)67-93-97(85,86)91-63-73(80)64-92-98(87,88)94-68-75(66-90-77(82)60-52-44-38-37-41-49-57-71(6)7)95-78(83)61-53-45-35-28-24-20-15-11-10-13-17-21-25-31-39-47-55-69(2)3/h69-75,80H,9-68H2,1-8H3,(H,85,86)(H,87,88)/t72?,73?,74-,75-/m1/s1. The third kappa shape index (κ3) is 71.1. The fraction of sp³-hybridized carbons (Fsp3) is 0.949. The highest BCUT2D eigenvalue weighted by molar-refractivity contribution is 7.47. The number of aliphatic hydroxyl groups is 1. The van der Waals surface area contributed by atoms with Crippen molar-refractivity contribution in [1.82, 2.24) is 0 Å². The molecule has 0 bridgehead atoms. The zero-order chi connectivity index (χ0) is 72.4. The van der Waals surface area contributed by atoms with Gasteiger partial charge in [0.05, 0.1) is 26.4 Å². The highest BCUT2D eigenvalue weighted by atomic mass is 31.2. The highest BCUT2D eigenvalue weighted by Crippen LogP contribution is 2.45. The number of hydrogen-bond donors (Lipinski definition) is 3. The Bertz CT molecular complexity index is 1920. The van der Waals surface area contributed by atoms with Crippen molar-refractivity contribution in [3.8, 4) is 0 Å². The van der Waals surface area contributed by atoms with Gasteiger partial charge in [0, 0.05) is 25.7 Å². The molecule has 19 heteroatoms. The monoisotopic (exact) mass is 1440 g/mol. The van der Waals surface area contributed by atoms with Gasteiger partial charge in [-0.2, -0.15) is 0 Å². The summed E-state index contributed by atoms with van der Waals surface area (Å²) < 4.78 is 68.6. The van der Waals surface area contributed by atoms with Crippen LogP contribution >= 0.6 is 15.6 Å². The number of hydrogen-bond acceptors (Lipinski definition) is 15. The third-order valence-electron chi connectivity index (χ3n) is 18.7. The Morgan fingerprint density at radius 2 is 0.490 bits per heavy atom. The molecule has 98 heavy (non-hydrogen) atoms. The minimum atomic E-state index is -4.96. The summed E-state index contributed by atoms with van der Waals surface area (Å²) in [6.45, 7) is 14.2. The highest BCUT2D eigenvalue weighted by Gasteiger charge is 2.30. The van der Waals surface area contributed by atoms with Crippen molar-refractivity contribution in [2.24, 2.45) is 23.7 Å². The summed E-state index contributed by atoms with van der Waals surface area (Å²) in [7, 11) is -9.92. The Hall–Kier alpha value is -1.94. The first-order chi connectivity index (χ1) is 47.1. The first kappa shape index (κ1) is 96.1. The number of rotatable bonds is 76. The molecule has 0 amide bonds. The Morgan fingerprint density at radius 3 is 0.724 bits per heavy atom. The molecule has 0 spiro atoms. The number of esters is 4. The summed E-state index contributed by atoms with van der Waals surface area (Å²) in [5.74, 6) is 0.944. The summed E-state index contributed by atoms with van der Waals surface area (Å²) in [5.41, 5.74) is 0. The van der Waals surface area contributed by atoms with Crippen LogP contribution in [0, 0.1) is 23.7 Å². The number of ether oxygens (including phenoxy) is 4. The Kier molecular flexibility index (Phi) is 66.8. The molecule has 582 valence electrons. The van der Waals surface area contributed by atoms with Crippen molar-refractivity contribution in [2.75, 3.05) is 39.6 Å². The molecule has 0 rings (SSSR count). The van der Waals surface area contributed by atoms with Gasteiger partial charge in [-0.05, 0) is 49.4 Å². The van der Waals surface area contributed by atoms with E-state index in [0.29, 0.717) is 31.6 Å². The number of phosphoric acid groups is 2. The summed E-state index contributed by atoms with van der Waals surface area (Å²) in [6.07, 6.45) is 54.3. The van der Waals surface area contributed by atoms with Crippen LogP contribution in [0.1, 0.15) is 402 Å². The van der Waals surface area contributed by atoms with Crippen LogP contribution in [0.25, 0.3) is 0 Å². The minimum absolute atomic E-state index is 0.105. The van der Waals surface area contributed by atoms with Crippen LogP contribution in [0.2, 0.25) is 0 Å². The number of aliphatic hydroxyl groups excluding tert-OH is 1. The van der Waals surface area contributed by atoms with Gasteiger partial charge in [0.25, 0.3) is 0 Å². The van der Waals surface area contributed by atoms with Crippen molar-refractivity contribution >= 4 is 39.5 Å². The molecule has 0 aromatic carbocycles. The van der Waals surface area contributed by atoms with E-state index >= 15 is 0 Å². The van der Waals surface area contributed by atoms with Gasteiger partial charge in [0.1, 0.15) is 19.3 Å². The van der Waals surface area contributed by atoms with Crippen molar-refractivity contribution in [2.45, 2.75) is 420 Å². The first-order valence-electron chi connectivity index (χ1n) is 40.7. The average molecular weight is 1440 g/mol. The van der Waals surface area contributed by atoms with Crippen LogP contribution in [0.4, 0.5) is 0 Å². The fourth-order valence-electron chi connectivity index (χ4n) is 12.0. The van der Waals surface area contributed by atoms with Gasteiger partial charge in [-0.3, -0.25) is 37.3 Å². The number of carbonyl (C=O) groups is 4. The van der Waals surface area contributed by atoms with Crippen molar-refractivity contribution in [3.05, 3.63) is 0 Å². The molecule has 0 aliphatic carbocycles. The smallest absolute Gasteiger partial charge is 0.462 e. The van der Waals surface area contributed by atoms with E-state index in [4.69, 9.17) is 37.0 Å². The van der Waals surface area contributed by atoms with Gasteiger partial charge in [0.2, 0.25) is 0 Å². The van der Waals surface area contributed by atoms with Crippen LogP contribution in [0.15, 0.2) is 0 Å². The fourth-order valence-corrected chi connectivity index (χ4v) is 13.6. The molecule has 0 aromatic rings. The van der Waals surface area contributed by atoms with Crippen molar-refractivity contribution in [1.29, 1.82) is 0 Å². The molecule has 17 nitrogen and oxygen atoms in total. The molecular weight excluding hydrogens is 1280 g/mol. The maximum Gasteiger partial charge on any atom is 0.472 e. The van der Waals surface area contributed by atoms with Gasteiger partial charge in [0.15, 0.2) is 12.2 Å². The minimum Gasteiger partial charge on any atom is -0.462 e. The maximum absolute atomic E-state index is 13.1. The maximum atomic E-state index is 13.1.